The lowest BCUT2D eigenvalue weighted by molar-refractivity contribution is -1.21. The zero-order chi connectivity index (χ0) is 5.70. The molecule has 0 aromatic heterocycles. The van der Waals surface area contributed by atoms with E-state index in [1.807, 2.05) is 6.92 Å². The number of quaternary nitrogens is 1. The van der Waals surface area contributed by atoms with Crippen LogP contribution in [0.5, 0.6) is 0 Å². The fourth-order valence-electron chi connectivity index (χ4n) is 0.189. The van der Waals surface area contributed by atoms with Crippen molar-refractivity contribution in [2.75, 3.05) is 6.61 Å². The molecule has 0 saturated heterocycles. The van der Waals surface area contributed by atoms with Crippen molar-refractivity contribution in [3.8, 4) is 0 Å². The van der Waals surface area contributed by atoms with Gasteiger partial charge in [-0.05, 0) is 6.42 Å². The maximum absolute atomic E-state index is 9.54. The topological polar surface area (TPSA) is 57.0 Å². The van der Waals surface area contributed by atoms with E-state index in [-0.39, 0.29) is 0 Å². The van der Waals surface area contributed by atoms with Crippen LogP contribution in [0.3, 0.4) is 0 Å². The Hall–Kier alpha value is -0.160. The molecule has 0 amide bonds. The molecule has 2 N–H and O–H groups in total. The molecule has 0 radical (unpaired) electrons. The molecule has 4 heteroatoms. The Kier molecular flexibility index (Phi) is 3.92. The van der Waals surface area contributed by atoms with Crippen molar-refractivity contribution < 1.29 is 15.4 Å². The first kappa shape index (κ1) is 6.84. The third kappa shape index (κ3) is 5.84. The minimum absolute atomic E-state index is 0.301. The van der Waals surface area contributed by atoms with Gasteiger partial charge in [-0.2, -0.15) is 10.0 Å². The summed E-state index contributed by atoms with van der Waals surface area (Å²) in [6.07, 6.45) is 0.742. The monoisotopic (exact) mass is 107 g/mol. The number of nitrogens with one attached hydrogen (secondary N) is 1. The summed E-state index contributed by atoms with van der Waals surface area (Å²) in [6, 6.07) is 0. The van der Waals surface area contributed by atoms with Gasteiger partial charge >= 0.3 is 0 Å². The van der Waals surface area contributed by atoms with Crippen molar-refractivity contribution in [1.29, 1.82) is 0 Å². The summed E-state index contributed by atoms with van der Waals surface area (Å²) >= 11 is 0. The molecule has 44 valence electrons. The van der Waals surface area contributed by atoms with Crippen LogP contribution in [-0.2, 0) is 4.84 Å². The van der Waals surface area contributed by atoms with Crippen molar-refractivity contribution >= 4 is 0 Å². The molecule has 0 fully saturated rings. The first-order chi connectivity index (χ1) is 3.27. The highest BCUT2D eigenvalue weighted by Gasteiger charge is 1.84. The minimum Gasteiger partial charge on any atom is -0.566 e. The Morgan fingerprint density at radius 2 is 2.43 bits per heavy atom. The van der Waals surface area contributed by atoms with E-state index in [1.54, 1.807) is 0 Å². The predicted octanol–water partition coefficient (Wildman–Crippen LogP) is -0.900. The highest BCUT2D eigenvalue weighted by molar-refractivity contribution is 4.13. The highest BCUT2D eigenvalue weighted by atomic mass is 17.1. The van der Waals surface area contributed by atoms with Crippen LogP contribution in [-0.4, -0.2) is 11.8 Å². The summed E-state index contributed by atoms with van der Waals surface area (Å²) in [5.41, 5.74) is 0. The van der Waals surface area contributed by atoms with Gasteiger partial charge in [0, 0.05) is 0 Å². The second-order valence-electron chi connectivity index (χ2n) is 1.11. The van der Waals surface area contributed by atoms with E-state index in [4.69, 9.17) is 5.21 Å². The van der Waals surface area contributed by atoms with Gasteiger partial charge in [0.15, 0.2) is 0 Å². The molecule has 0 aromatic carbocycles. The molecule has 1 unspecified atom stereocenters. The average Bonchev–Trinajstić information content (AvgIpc) is 1.61. The third-order valence-corrected chi connectivity index (χ3v) is 0.430. The van der Waals surface area contributed by atoms with Crippen molar-refractivity contribution in [3.63, 3.8) is 0 Å². The lowest BCUT2D eigenvalue weighted by Crippen LogP contribution is -3.03. The lowest BCUT2D eigenvalue weighted by Gasteiger charge is -2.07. The van der Waals surface area contributed by atoms with E-state index in [0.29, 0.717) is 6.61 Å². The number of hydrogen-bond acceptors (Lipinski definition) is 3. The minimum atomic E-state index is -1.19. The fourth-order valence-corrected chi connectivity index (χ4v) is 0.189. The maximum atomic E-state index is 9.54. The van der Waals surface area contributed by atoms with Crippen molar-refractivity contribution in [3.05, 3.63) is 5.21 Å². The maximum Gasteiger partial charge on any atom is 0.110 e. The van der Waals surface area contributed by atoms with Crippen LogP contribution in [0.4, 0.5) is 0 Å². The SMILES string of the molecule is CCCO[NH+]([O-])O. The van der Waals surface area contributed by atoms with Gasteiger partial charge in [-0.3, -0.25) is 0 Å². The molecule has 0 spiro atoms. The van der Waals surface area contributed by atoms with Gasteiger partial charge in [0.1, 0.15) is 6.61 Å². The van der Waals surface area contributed by atoms with Crippen LogP contribution in [0.2, 0.25) is 0 Å². The fraction of sp³-hybridized carbons (Fsp3) is 1.00. The van der Waals surface area contributed by atoms with Gasteiger partial charge in [0.25, 0.3) is 0 Å². The first-order valence-electron chi connectivity index (χ1n) is 2.13. The van der Waals surface area contributed by atoms with Crippen LogP contribution in [0.1, 0.15) is 13.3 Å². The van der Waals surface area contributed by atoms with E-state index in [0.717, 1.165) is 6.42 Å². The Labute approximate surface area is 41.8 Å². The van der Waals surface area contributed by atoms with Crippen LogP contribution < -0.4 is 5.39 Å². The van der Waals surface area contributed by atoms with Crippen LogP contribution in [0.15, 0.2) is 0 Å². The summed E-state index contributed by atoms with van der Waals surface area (Å²) in [5.74, 6) is 0. The Morgan fingerprint density at radius 3 is 2.57 bits per heavy atom. The normalized spacial score (nSPS) is 14.1. The second-order valence-corrected chi connectivity index (χ2v) is 1.11. The van der Waals surface area contributed by atoms with Gasteiger partial charge < -0.3 is 5.21 Å². The molecule has 1 atom stereocenters. The number of rotatable bonds is 3. The molecule has 0 saturated carbocycles. The summed E-state index contributed by atoms with van der Waals surface area (Å²) in [6.45, 7) is 2.15. The molecule has 0 bridgehead atoms. The largest absolute Gasteiger partial charge is 0.566 e. The lowest BCUT2D eigenvalue weighted by atomic mass is 10.5. The first-order valence-corrected chi connectivity index (χ1v) is 2.13. The summed E-state index contributed by atoms with van der Waals surface area (Å²) in [4.78, 5) is 4.11. The predicted molar refractivity (Wildman–Crippen MR) is 22.4 cm³/mol. The van der Waals surface area contributed by atoms with E-state index >= 15 is 0 Å². The smallest absolute Gasteiger partial charge is 0.110 e. The van der Waals surface area contributed by atoms with Crippen molar-refractivity contribution in [1.82, 2.24) is 0 Å². The van der Waals surface area contributed by atoms with Crippen molar-refractivity contribution in [2.45, 2.75) is 13.3 Å². The zero-order valence-electron chi connectivity index (χ0n) is 4.18. The van der Waals surface area contributed by atoms with Crippen LogP contribution in [0, 0.1) is 5.21 Å². The molecule has 7 heavy (non-hydrogen) atoms. The Bertz CT molecular complexity index is 39.2. The molecule has 0 heterocycles. The summed E-state index contributed by atoms with van der Waals surface area (Å²) in [7, 11) is 0. The number of hydrogen-bond donors (Lipinski definition) is 2. The van der Waals surface area contributed by atoms with E-state index in [9.17, 15) is 5.21 Å². The van der Waals surface area contributed by atoms with Gasteiger partial charge in [0.2, 0.25) is 0 Å². The summed E-state index contributed by atoms with van der Waals surface area (Å²) in [5, 5.41) is 16.2. The average molecular weight is 107 g/mol. The van der Waals surface area contributed by atoms with E-state index in [2.05, 4.69) is 4.84 Å². The van der Waals surface area contributed by atoms with E-state index in [1.165, 1.54) is 0 Å². The second kappa shape index (κ2) is 4.01. The van der Waals surface area contributed by atoms with E-state index < -0.39 is 5.39 Å². The zero-order valence-corrected chi connectivity index (χ0v) is 4.18. The highest BCUT2D eigenvalue weighted by Crippen LogP contribution is 1.68. The third-order valence-electron chi connectivity index (χ3n) is 0.430. The van der Waals surface area contributed by atoms with Gasteiger partial charge in [-0.1, -0.05) is 12.3 Å². The molecule has 0 rings (SSSR count). The molecule has 4 nitrogen and oxygen atoms in total. The van der Waals surface area contributed by atoms with Crippen LogP contribution in [0.25, 0.3) is 0 Å². The molecule has 0 aliphatic carbocycles. The quantitative estimate of drug-likeness (QED) is 0.459. The van der Waals surface area contributed by atoms with Gasteiger partial charge in [-0.25, -0.2) is 0 Å². The molecule has 0 aromatic rings. The van der Waals surface area contributed by atoms with Gasteiger partial charge in [0.05, 0.1) is 0 Å². The Balaban J connectivity index is 2.68. The standard InChI is InChI=1S/C3H9NO3/c1-2-3-7-4(5)6/h4-5H,2-3H2,1H3. The molecular formula is C3H9NO3. The van der Waals surface area contributed by atoms with Crippen molar-refractivity contribution in [2.24, 2.45) is 0 Å². The van der Waals surface area contributed by atoms with Gasteiger partial charge in [-0.15, -0.1) is 0 Å². The molecular weight excluding hydrogens is 98.0 g/mol. The summed E-state index contributed by atoms with van der Waals surface area (Å²) < 4.78 is 0. The van der Waals surface area contributed by atoms with Crippen LogP contribution >= 0.6 is 0 Å². The molecule has 0 aliphatic rings. The Morgan fingerprint density at radius 1 is 1.86 bits per heavy atom. The molecule has 0 aliphatic heterocycles.